The van der Waals surface area contributed by atoms with Gasteiger partial charge in [-0.15, -0.1) is 11.8 Å². The molecule has 1 aromatic rings. The maximum absolute atomic E-state index is 11.8. The number of hydrogen-bond acceptors (Lipinski definition) is 5. The predicted molar refractivity (Wildman–Crippen MR) is 87.3 cm³/mol. The van der Waals surface area contributed by atoms with Gasteiger partial charge in [-0.25, -0.2) is 4.79 Å². The Morgan fingerprint density at radius 1 is 1.23 bits per heavy atom. The Kier molecular flexibility index (Phi) is 7.59. The van der Waals surface area contributed by atoms with E-state index >= 15 is 0 Å². The standard InChI is InChI=1S/C15H22N2O4S/c1-10(2)13(14(18)17-15(16)19)22-9-8-21-12-6-4-11(20-3)5-7-12/h4-7,10,13H,8-9H2,1-3H3,(H3,16,17,18,19)/t13-/m0/s1. The normalized spacial score (nSPS) is 11.8. The van der Waals surface area contributed by atoms with Crippen LogP contribution in [0.25, 0.3) is 0 Å². The van der Waals surface area contributed by atoms with Crippen LogP contribution >= 0.6 is 11.8 Å². The van der Waals surface area contributed by atoms with Crippen LogP contribution in [0.5, 0.6) is 11.5 Å². The topological polar surface area (TPSA) is 90.7 Å². The smallest absolute Gasteiger partial charge is 0.318 e. The molecule has 0 unspecified atom stereocenters. The third kappa shape index (κ3) is 6.26. The molecule has 0 saturated carbocycles. The highest BCUT2D eigenvalue weighted by atomic mass is 32.2. The number of hydrogen-bond donors (Lipinski definition) is 2. The first-order chi connectivity index (χ1) is 10.4. The van der Waals surface area contributed by atoms with Crippen LogP contribution in [-0.4, -0.2) is 36.7 Å². The van der Waals surface area contributed by atoms with Crippen LogP contribution in [0, 0.1) is 5.92 Å². The molecule has 0 fully saturated rings. The summed E-state index contributed by atoms with van der Waals surface area (Å²) >= 11 is 1.44. The van der Waals surface area contributed by atoms with Crippen LogP contribution in [0.4, 0.5) is 4.79 Å². The van der Waals surface area contributed by atoms with Crippen molar-refractivity contribution in [2.24, 2.45) is 11.7 Å². The van der Waals surface area contributed by atoms with Gasteiger partial charge in [-0.2, -0.15) is 0 Å². The Bertz CT molecular complexity index is 491. The van der Waals surface area contributed by atoms with Crippen molar-refractivity contribution < 1.29 is 19.1 Å². The summed E-state index contributed by atoms with van der Waals surface area (Å²) < 4.78 is 10.7. The van der Waals surface area contributed by atoms with Crippen molar-refractivity contribution >= 4 is 23.7 Å². The van der Waals surface area contributed by atoms with Crippen LogP contribution in [0.1, 0.15) is 13.8 Å². The van der Waals surface area contributed by atoms with Crippen LogP contribution in [0.2, 0.25) is 0 Å². The van der Waals surface area contributed by atoms with Crippen LogP contribution in [-0.2, 0) is 4.79 Å². The Hall–Kier alpha value is -1.89. The highest BCUT2D eigenvalue weighted by molar-refractivity contribution is 8.00. The summed E-state index contributed by atoms with van der Waals surface area (Å²) in [5, 5.41) is 1.78. The lowest BCUT2D eigenvalue weighted by Crippen LogP contribution is -2.42. The van der Waals surface area contributed by atoms with Crippen LogP contribution in [0.3, 0.4) is 0 Å². The third-order valence-electron chi connectivity index (χ3n) is 2.82. The van der Waals surface area contributed by atoms with Gasteiger partial charge in [0.05, 0.1) is 19.0 Å². The molecule has 3 amide bonds. The van der Waals surface area contributed by atoms with Gasteiger partial charge in [-0.3, -0.25) is 10.1 Å². The highest BCUT2D eigenvalue weighted by Crippen LogP contribution is 2.21. The fraction of sp³-hybridized carbons (Fsp3) is 0.467. The minimum absolute atomic E-state index is 0.0883. The molecule has 0 aliphatic rings. The van der Waals surface area contributed by atoms with Gasteiger partial charge >= 0.3 is 6.03 Å². The molecule has 0 heterocycles. The molecule has 0 spiro atoms. The van der Waals surface area contributed by atoms with Gasteiger partial charge in [-0.05, 0) is 30.2 Å². The molecule has 0 aliphatic carbocycles. The number of ether oxygens (including phenoxy) is 2. The zero-order valence-corrected chi connectivity index (χ0v) is 13.8. The minimum Gasteiger partial charge on any atom is -0.497 e. The van der Waals surface area contributed by atoms with E-state index in [2.05, 4.69) is 5.32 Å². The van der Waals surface area contributed by atoms with Gasteiger partial charge in [0.15, 0.2) is 0 Å². The van der Waals surface area contributed by atoms with E-state index in [1.54, 1.807) is 7.11 Å². The minimum atomic E-state index is -0.828. The highest BCUT2D eigenvalue weighted by Gasteiger charge is 2.23. The van der Waals surface area contributed by atoms with Crippen molar-refractivity contribution in [3.63, 3.8) is 0 Å². The monoisotopic (exact) mass is 326 g/mol. The lowest BCUT2D eigenvalue weighted by atomic mass is 10.1. The van der Waals surface area contributed by atoms with E-state index < -0.39 is 6.03 Å². The van der Waals surface area contributed by atoms with E-state index in [0.717, 1.165) is 11.5 Å². The number of methoxy groups -OCH3 is 1. The van der Waals surface area contributed by atoms with E-state index in [9.17, 15) is 9.59 Å². The number of imide groups is 1. The van der Waals surface area contributed by atoms with Crippen molar-refractivity contribution in [1.29, 1.82) is 0 Å². The summed E-state index contributed by atoms with van der Waals surface area (Å²) in [5.41, 5.74) is 4.97. The number of nitrogens with two attached hydrogens (primary N) is 1. The summed E-state index contributed by atoms with van der Waals surface area (Å²) in [6.07, 6.45) is 0. The van der Waals surface area contributed by atoms with E-state index in [1.807, 2.05) is 38.1 Å². The molecular formula is C15H22N2O4S. The molecule has 0 radical (unpaired) electrons. The molecular weight excluding hydrogens is 304 g/mol. The first-order valence-corrected chi connectivity index (χ1v) is 7.97. The quantitative estimate of drug-likeness (QED) is 0.713. The average Bonchev–Trinajstić information content (AvgIpc) is 2.46. The molecule has 7 heteroatoms. The number of thioether (sulfide) groups is 1. The molecule has 3 N–H and O–H groups in total. The Labute approximate surface area is 134 Å². The molecule has 1 atom stereocenters. The number of nitrogens with one attached hydrogen (secondary N) is 1. The number of primary amides is 1. The molecule has 0 aliphatic heterocycles. The fourth-order valence-corrected chi connectivity index (χ4v) is 2.80. The van der Waals surface area contributed by atoms with Gasteiger partial charge in [0, 0.05) is 5.75 Å². The van der Waals surface area contributed by atoms with Gasteiger partial charge in [0.2, 0.25) is 5.91 Å². The van der Waals surface area contributed by atoms with E-state index in [-0.39, 0.29) is 17.1 Å². The Balaban J connectivity index is 2.39. The maximum Gasteiger partial charge on any atom is 0.318 e. The molecule has 0 saturated heterocycles. The molecule has 1 aromatic carbocycles. The molecule has 1 rings (SSSR count). The van der Waals surface area contributed by atoms with Crippen molar-refractivity contribution in [1.82, 2.24) is 5.32 Å². The molecule has 0 aromatic heterocycles. The van der Waals surface area contributed by atoms with Crippen molar-refractivity contribution in [2.45, 2.75) is 19.1 Å². The Morgan fingerprint density at radius 2 is 1.82 bits per heavy atom. The Morgan fingerprint density at radius 3 is 2.32 bits per heavy atom. The predicted octanol–water partition coefficient (Wildman–Crippen LogP) is 2.03. The summed E-state index contributed by atoms with van der Waals surface area (Å²) in [6, 6.07) is 6.46. The molecule has 22 heavy (non-hydrogen) atoms. The molecule has 0 bridgehead atoms. The second-order valence-corrected chi connectivity index (χ2v) is 6.16. The number of carbonyl (C=O) groups is 2. The summed E-state index contributed by atoms with van der Waals surface area (Å²) in [4.78, 5) is 22.6. The first-order valence-electron chi connectivity index (χ1n) is 6.92. The van der Waals surface area contributed by atoms with Crippen LogP contribution in [0.15, 0.2) is 24.3 Å². The zero-order valence-electron chi connectivity index (χ0n) is 13.0. The number of rotatable bonds is 8. The maximum atomic E-state index is 11.8. The van der Waals surface area contributed by atoms with Gasteiger partial charge in [0.25, 0.3) is 0 Å². The van der Waals surface area contributed by atoms with Gasteiger partial charge in [-0.1, -0.05) is 13.8 Å². The summed E-state index contributed by atoms with van der Waals surface area (Å²) in [6.45, 7) is 4.30. The van der Waals surface area contributed by atoms with Crippen molar-refractivity contribution in [3.8, 4) is 11.5 Å². The lowest BCUT2D eigenvalue weighted by molar-refractivity contribution is -0.120. The summed E-state index contributed by atoms with van der Waals surface area (Å²) in [7, 11) is 1.61. The lowest BCUT2D eigenvalue weighted by Gasteiger charge is -2.18. The average molecular weight is 326 g/mol. The van der Waals surface area contributed by atoms with E-state index in [1.165, 1.54) is 11.8 Å². The second kappa shape index (κ2) is 9.19. The number of amides is 3. The second-order valence-electron chi connectivity index (χ2n) is 4.91. The van der Waals surface area contributed by atoms with Gasteiger partial charge < -0.3 is 15.2 Å². The number of benzene rings is 1. The molecule has 6 nitrogen and oxygen atoms in total. The van der Waals surface area contributed by atoms with E-state index in [4.69, 9.17) is 15.2 Å². The molecule has 122 valence electrons. The summed E-state index contributed by atoms with van der Waals surface area (Å²) in [5.74, 6) is 1.86. The first kappa shape index (κ1) is 18.2. The largest absolute Gasteiger partial charge is 0.497 e. The fourth-order valence-electron chi connectivity index (χ4n) is 1.77. The number of carbonyl (C=O) groups excluding carboxylic acids is 2. The zero-order chi connectivity index (χ0) is 16.5. The SMILES string of the molecule is COc1ccc(OCCS[C@H](C(=O)NC(N)=O)C(C)C)cc1. The van der Waals surface area contributed by atoms with Crippen molar-refractivity contribution in [3.05, 3.63) is 24.3 Å². The van der Waals surface area contributed by atoms with Crippen LogP contribution < -0.4 is 20.5 Å². The number of urea groups is 1. The van der Waals surface area contributed by atoms with Gasteiger partial charge in [0.1, 0.15) is 11.5 Å². The van der Waals surface area contributed by atoms with Crippen molar-refractivity contribution in [2.75, 3.05) is 19.5 Å². The van der Waals surface area contributed by atoms with E-state index in [0.29, 0.717) is 12.4 Å². The third-order valence-corrected chi connectivity index (χ3v) is 4.34.